The van der Waals surface area contributed by atoms with Gasteiger partial charge in [0, 0.05) is 36.3 Å². The fourth-order valence-electron chi connectivity index (χ4n) is 3.34. The van der Waals surface area contributed by atoms with Gasteiger partial charge in [-0.15, -0.1) is 0 Å². The first-order chi connectivity index (χ1) is 13.2. The molecule has 1 aliphatic heterocycles. The number of hydrogen-bond donors (Lipinski definition) is 1. The average molecular weight is 360 g/mol. The maximum absolute atomic E-state index is 12.7. The molecule has 0 unspecified atom stereocenters. The smallest absolute Gasteiger partial charge is 0.258 e. The summed E-state index contributed by atoms with van der Waals surface area (Å²) in [4.78, 5) is 26.7. The van der Waals surface area contributed by atoms with E-state index in [1.54, 1.807) is 11.2 Å². The molecule has 5 nitrogen and oxygen atoms in total. The zero-order valence-corrected chi connectivity index (χ0v) is 14.9. The molecule has 1 aromatic heterocycles. The van der Waals surface area contributed by atoms with Crippen LogP contribution in [0.1, 0.15) is 28.1 Å². The first-order valence-electron chi connectivity index (χ1n) is 9.03. The number of benzene rings is 2. The maximum Gasteiger partial charge on any atom is 0.258 e. The largest absolute Gasteiger partial charge is 0.469 e. The number of nitrogens with one attached hydrogen (secondary N) is 1. The van der Waals surface area contributed by atoms with Gasteiger partial charge in [-0.25, -0.2) is 0 Å². The summed E-state index contributed by atoms with van der Waals surface area (Å²) >= 11 is 0. The molecule has 0 radical (unpaired) electrons. The van der Waals surface area contributed by atoms with Crippen molar-refractivity contribution in [3.63, 3.8) is 0 Å². The lowest BCUT2D eigenvalue weighted by Crippen LogP contribution is -2.28. The summed E-state index contributed by atoms with van der Waals surface area (Å²) in [6.45, 7) is 0.652. The summed E-state index contributed by atoms with van der Waals surface area (Å²) in [5.41, 5.74) is 3.42. The van der Waals surface area contributed by atoms with E-state index >= 15 is 0 Å². The number of furan rings is 1. The molecule has 3 aromatic rings. The van der Waals surface area contributed by atoms with Gasteiger partial charge in [0.05, 0.1) is 6.26 Å². The van der Waals surface area contributed by atoms with Gasteiger partial charge in [-0.1, -0.05) is 18.2 Å². The predicted octanol–water partition coefficient (Wildman–Crippen LogP) is 4.05. The number of fused-ring (bicyclic) bond motifs is 1. The van der Waals surface area contributed by atoms with E-state index in [9.17, 15) is 9.59 Å². The van der Waals surface area contributed by atoms with Crippen LogP contribution in [0, 0.1) is 0 Å². The number of nitrogens with zero attached hydrogens (tertiary/aromatic N) is 1. The molecule has 2 amide bonds. The van der Waals surface area contributed by atoms with E-state index in [1.807, 2.05) is 60.7 Å². The summed E-state index contributed by atoms with van der Waals surface area (Å²) in [6.07, 6.45) is 3.33. The minimum absolute atomic E-state index is 0.00424. The molecule has 0 fully saturated rings. The molecule has 1 N–H and O–H groups in total. The summed E-state index contributed by atoms with van der Waals surface area (Å²) in [5, 5.41) is 2.93. The van der Waals surface area contributed by atoms with Crippen molar-refractivity contribution in [2.45, 2.75) is 19.3 Å². The van der Waals surface area contributed by atoms with Gasteiger partial charge >= 0.3 is 0 Å². The highest BCUT2D eigenvalue weighted by molar-refractivity contribution is 6.07. The quantitative estimate of drug-likeness (QED) is 0.746. The molecule has 136 valence electrons. The van der Waals surface area contributed by atoms with E-state index in [1.165, 1.54) is 0 Å². The van der Waals surface area contributed by atoms with Crippen LogP contribution in [0.25, 0.3) is 0 Å². The van der Waals surface area contributed by atoms with Crippen molar-refractivity contribution >= 4 is 23.2 Å². The van der Waals surface area contributed by atoms with E-state index < -0.39 is 0 Å². The number of rotatable bonds is 5. The summed E-state index contributed by atoms with van der Waals surface area (Å²) in [5.74, 6) is 0.750. The third-order valence-electron chi connectivity index (χ3n) is 4.70. The Balaban J connectivity index is 1.42. The summed E-state index contributed by atoms with van der Waals surface area (Å²) in [6, 6.07) is 18.7. The second-order valence-corrected chi connectivity index (χ2v) is 6.54. The van der Waals surface area contributed by atoms with Gasteiger partial charge in [-0.2, -0.15) is 0 Å². The SMILES string of the molecule is O=C(CCc1ccco1)Nc1ccc2c(c1)CCN2C(=O)c1ccccc1. The molecule has 0 saturated carbocycles. The van der Waals surface area contributed by atoms with Gasteiger partial charge in [0.25, 0.3) is 5.91 Å². The molecular weight excluding hydrogens is 340 g/mol. The Kier molecular flexibility index (Phi) is 4.75. The van der Waals surface area contributed by atoms with Gasteiger partial charge in [0.15, 0.2) is 0 Å². The molecule has 2 heterocycles. The normalized spacial score (nSPS) is 12.7. The fraction of sp³-hybridized carbons (Fsp3) is 0.182. The molecule has 1 aliphatic rings. The van der Waals surface area contributed by atoms with Crippen molar-refractivity contribution in [1.29, 1.82) is 0 Å². The van der Waals surface area contributed by atoms with Crippen molar-refractivity contribution in [3.05, 3.63) is 83.8 Å². The second-order valence-electron chi connectivity index (χ2n) is 6.54. The van der Waals surface area contributed by atoms with E-state index in [0.717, 1.165) is 29.1 Å². The van der Waals surface area contributed by atoms with Gasteiger partial charge < -0.3 is 14.6 Å². The molecule has 2 aromatic carbocycles. The van der Waals surface area contributed by atoms with Crippen LogP contribution in [0.15, 0.2) is 71.3 Å². The van der Waals surface area contributed by atoms with Gasteiger partial charge in [0.1, 0.15) is 5.76 Å². The highest BCUT2D eigenvalue weighted by Gasteiger charge is 2.25. The molecule has 0 saturated heterocycles. The minimum Gasteiger partial charge on any atom is -0.469 e. The zero-order chi connectivity index (χ0) is 18.6. The molecular formula is C22H20N2O3. The summed E-state index contributed by atoms with van der Waals surface area (Å²) < 4.78 is 5.25. The van der Waals surface area contributed by atoms with Crippen molar-refractivity contribution < 1.29 is 14.0 Å². The van der Waals surface area contributed by atoms with Crippen LogP contribution in [0.4, 0.5) is 11.4 Å². The van der Waals surface area contributed by atoms with E-state index in [4.69, 9.17) is 4.42 Å². The topological polar surface area (TPSA) is 62.6 Å². The van der Waals surface area contributed by atoms with Crippen molar-refractivity contribution in [2.75, 3.05) is 16.8 Å². The first kappa shape index (κ1) is 17.1. The molecule has 27 heavy (non-hydrogen) atoms. The van der Waals surface area contributed by atoms with E-state index in [0.29, 0.717) is 24.9 Å². The third-order valence-corrected chi connectivity index (χ3v) is 4.70. The average Bonchev–Trinajstić information content (AvgIpc) is 3.36. The zero-order valence-electron chi connectivity index (χ0n) is 14.9. The van der Waals surface area contributed by atoms with Gasteiger partial charge in [-0.3, -0.25) is 9.59 Å². The van der Waals surface area contributed by atoms with Crippen molar-refractivity contribution in [2.24, 2.45) is 0 Å². The standard InChI is InChI=1S/C22H20N2O3/c25-21(11-9-19-7-4-14-27-19)23-18-8-10-20-17(15-18)12-13-24(20)22(26)16-5-2-1-3-6-16/h1-8,10,14-15H,9,11-13H2,(H,23,25). The molecule has 0 spiro atoms. The third kappa shape index (κ3) is 3.77. The Morgan fingerprint density at radius 3 is 2.67 bits per heavy atom. The lowest BCUT2D eigenvalue weighted by molar-refractivity contribution is -0.116. The molecule has 0 atom stereocenters. The van der Waals surface area contributed by atoms with Gasteiger partial charge in [-0.05, 0) is 54.4 Å². The van der Waals surface area contributed by atoms with Crippen LogP contribution in [0.5, 0.6) is 0 Å². The maximum atomic E-state index is 12.7. The Morgan fingerprint density at radius 1 is 1.04 bits per heavy atom. The number of carbonyl (C=O) groups excluding carboxylic acids is 2. The lowest BCUT2D eigenvalue weighted by Gasteiger charge is -2.17. The highest BCUT2D eigenvalue weighted by atomic mass is 16.3. The van der Waals surface area contributed by atoms with Crippen LogP contribution in [-0.2, 0) is 17.6 Å². The number of carbonyl (C=O) groups is 2. The van der Waals surface area contributed by atoms with Crippen LogP contribution in [-0.4, -0.2) is 18.4 Å². The number of aryl methyl sites for hydroxylation is 1. The van der Waals surface area contributed by atoms with Crippen molar-refractivity contribution in [1.82, 2.24) is 0 Å². The predicted molar refractivity (Wildman–Crippen MR) is 104 cm³/mol. The first-order valence-corrected chi connectivity index (χ1v) is 9.03. The van der Waals surface area contributed by atoms with Crippen LogP contribution in [0.2, 0.25) is 0 Å². The monoisotopic (exact) mass is 360 g/mol. The van der Waals surface area contributed by atoms with Crippen LogP contribution >= 0.6 is 0 Å². The lowest BCUT2D eigenvalue weighted by atomic mass is 10.1. The number of anilines is 2. The number of hydrogen-bond acceptors (Lipinski definition) is 3. The molecule has 5 heteroatoms. The Morgan fingerprint density at radius 2 is 1.89 bits per heavy atom. The van der Waals surface area contributed by atoms with Crippen LogP contribution in [0.3, 0.4) is 0 Å². The van der Waals surface area contributed by atoms with Crippen LogP contribution < -0.4 is 10.2 Å². The second kappa shape index (κ2) is 7.50. The van der Waals surface area contributed by atoms with Crippen molar-refractivity contribution in [3.8, 4) is 0 Å². The molecule has 0 aliphatic carbocycles. The molecule has 0 bridgehead atoms. The van der Waals surface area contributed by atoms with E-state index in [2.05, 4.69) is 5.32 Å². The minimum atomic E-state index is -0.0541. The molecule has 4 rings (SSSR count). The summed E-state index contributed by atoms with van der Waals surface area (Å²) in [7, 11) is 0. The van der Waals surface area contributed by atoms with E-state index in [-0.39, 0.29) is 11.8 Å². The fourth-order valence-corrected chi connectivity index (χ4v) is 3.34. The Hall–Kier alpha value is -3.34. The highest BCUT2D eigenvalue weighted by Crippen LogP contribution is 2.31. The number of amides is 2. The van der Waals surface area contributed by atoms with Gasteiger partial charge in [0.2, 0.25) is 5.91 Å². The Labute approximate surface area is 157 Å². The Bertz CT molecular complexity index is 949.